The topological polar surface area (TPSA) is 74.2 Å². The van der Waals surface area contributed by atoms with Crippen molar-refractivity contribution in [3.8, 4) is 11.5 Å². The Morgan fingerprint density at radius 2 is 1.31 bits per heavy atom. The lowest BCUT2D eigenvalue weighted by Gasteiger charge is -2.47. The van der Waals surface area contributed by atoms with Gasteiger partial charge in [-0.05, 0) is 49.7 Å². The van der Waals surface area contributed by atoms with Crippen LogP contribution < -0.4 is 19.8 Å². The molecule has 0 fully saturated rings. The van der Waals surface area contributed by atoms with E-state index in [-0.39, 0.29) is 35.1 Å². The second-order valence-corrected chi connectivity index (χ2v) is 24.6. The molecule has 0 bridgehead atoms. The van der Waals surface area contributed by atoms with Gasteiger partial charge in [-0.1, -0.05) is 139 Å². The molecule has 1 heterocycles. The Morgan fingerprint density at radius 3 is 1.73 bits per heavy atom. The molecule has 244 valence electrons. The van der Waals surface area contributed by atoms with Crippen LogP contribution in [0.15, 0.2) is 77.3 Å². The van der Waals surface area contributed by atoms with E-state index in [1.54, 1.807) is 0 Å². The average molecular weight is 714 g/mol. The monoisotopic (exact) mass is 712 g/mol. The highest BCUT2D eigenvalue weighted by Gasteiger charge is 2.53. The molecule has 2 atom stereocenters. The van der Waals surface area contributed by atoms with Crippen molar-refractivity contribution < 1.29 is 28.2 Å². The van der Waals surface area contributed by atoms with Crippen LogP contribution >= 0.6 is 15.9 Å². The van der Waals surface area contributed by atoms with Crippen LogP contribution in [0.25, 0.3) is 0 Å². The third-order valence-electron chi connectivity index (χ3n) is 9.42. The second kappa shape index (κ2) is 14.1. The summed E-state index contributed by atoms with van der Waals surface area (Å²) < 4.78 is 26.8. The van der Waals surface area contributed by atoms with Crippen molar-refractivity contribution in [3.05, 3.63) is 82.8 Å². The van der Waals surface area contributed by atoms with Gasteiger partial charge in [-0.3, -0.25) is 4.79 Å². The zero-order valence-corrected chi connectivity index (χ0v) is 31.7. The standard InChI is InChI=1S/C36H49BrO6Si2/c1-24(2)44(25(3)4,26(5)6)43-34(29-20-32-33(21-31(29)37)41-23-40-32)30(35(38)39)22-42-45(36(7,8)9,27-16-12-10-13-17-27)28-18-14-11-15-19-28/h10-21,24-26,30,34H,22-23H2,1-9H3,(H,38,39)/t30-,34-/m0/s1. The quantitative estimate of drug-likeness (QED) is 0.179. The van der Waals surface area contributed by atoms with Crippen molar-refractivity contribution >= 4 is 48.9 Å². The number of aliphatic carboxylic acids is 1. The first kappa shape index (κ1) is 35.4. The maximum atomic E-state index is 13.5. The van der Waals surface area contributed by atoms with Crippen molar-refractivity contribution in [1.29, 1.82) is 0 Å². The molecule has 4 rings (SSSR count). The van der Waals surface area contributed by atoms with E-state index in [2.05, 4.69) is 103 Å². The third-order valence-corrected chi connectivity index (χ3v) is 21.2. The van der Waals surface area contributed by atoms with Crippen LogP contribution in [0.4, 0.5) is 0 Å². The van der Waals surface area contributed by atoms with E-state index in [0.29, 0.717) is 11.5 Å². The number of carboxylic acid groups (broad SMARTS) is 1. The predicted molar refractivity (Wildman–Crippen MR) is 190 cm³/mol. The summed E-state index contributed by atoms with van der Waals surface area (Å²) >= 11 is 3.76. The molecule has 0 saturated carbocycles. The first-order valence-corrected chi connectivity index (χ1v) is 20.8. The van der Waals surface area contributed by atoms with E-state index in [9.17, 15) is 9.90 Å². The van der Waals surface area contributed by atoms with E-state index in [1.807, 2.05) is 48.5 Å². The van der Waals surface area contributed by atoms with Crippen LogP contribution in [0.5, 0.6) is 11.5 Å². The minimum Gasteiger partial charge on any atom is -0.481 e. The fourth-order valence-electron chi connectivity index (χ4n) is 7.41. The smallest absolute Gasteiger partial charge is 0.311 e. The third kappa shape index (κ3) is 6.83. The number of hydrogen-bond acceptors (Lipinski definition) is 5. The van der Waals surface area contributed by atoms with Crippen LogP contribution in [0.2, 0.25) is 21.7 Å². The van der Waals surface area contributed by atoms with E-state index in [1.165, 1.54) is 0 Å². The van der Waals surface area contributed by atoms with E-state index in [0.717, 1.165) is 20.4 Å². The van der Waals surface area contributed by atoms with Gasteiger partial charge < -0.3 is 23.4 Å². The van der Waals surface area contributed by atoms with E-state index in [4.69, 9.17) is 18.3 Å². The zero-order valence-electron chi connectivity index (χ0n) is 28.1. The Bertz CT molecular complexity index is 1380. The Balaban J connectivity index is 1.91. The summed E-state index contributed by atoms with van der Waals surface area (Å²) in [4.78, 5) is 13.5. The molecule has 0 saturated heterocycles. The molecule has 0 unspecified atom stereocenters. The molecule has 0 aliphatic carbocycles. The Labute approximate surface area is 279 Å². The van der Waals surface area contributed by atoms with Crippen LogP contribution in [-0.2, 0) is 13.6 Å². The lowest BCUT2D eigenvalue weighted by atomic mass is 9.96. The lowest BCUT2D eigenvalue weighted by molar-refractivity contribution is -0.147. The van der Waals surface area contributed by atoms with Crippen LogP contribution in [0, 0.1) is 5.92 Å². The first-order chi connectivity index (χ1) is 21.2. The summed E-state index contributed by atoms with van der Waals surface area (Å²) in [5.74, 6) is -0.738. The molecular formula is C36H49BrO6Si2. The van der Waals surface area contributed by atoms with Gasteiger partial charge in [0.1, 0.15) is 5.92 Å². The van der Waals surface area contributed by atoms with Gasteiger partial charge in [0.25, 0.3) is 8.32 Å². The minimum absolute atomic E-state index is 0.0209. The number of rotatable bonds is 13. The number of fused-ring (bicyclic) bond motifs is 1. The minimum atomic E-state index is -3.02. The van der Waals surface area contributed by atoms with Crippen molar-refractivity contribution in [2.45, 2.75) is 90.1 Å². The van der Waals surface area contributed by atoms with Crippen molar-refractivity contribution in [1.82, 2.24) is 0 Å². The summed E-state index contributed by atoms with van der Waals surface area (Å²) in [5.41, 5.74) is 1.48. The second-order valence-electron chi connectivity index (χ2n) is 14.0. The molecule has 1 aliphatic heterocycles. The van der Waals surface area contributed by atoms with E-state index >= 15 is 0 Å². The fraction of sp³-hybridized carbons (Fsp3) is 0.472. The summed E-state index contributed by atoms with van der Waals surface area (Å²) in [6, 6.07) is 24.4. The highest BCUT2D eigenvalue weighted by atomic mass is 79.9. The molecule has 1 aliphatic rings. The van der Waals surface area contributed by atoms with Crippen LogP contribution in [0.3, 0.4) is 0 Å². The largest absolute Gasteiger partial charge is 0.481 e. The molecular weight excluding hydrogens is 664 g/mol. The summed E-state index contributed by atoms with van der Waals surface area (Å²) in [7, 11) is -5.59. The number of carbonyl (C=O) groups is 1. The van der Waals surface area contributed by atoms with Crippen LogP contribution in [-0.4, -0.2) is 41.1 Å². The average Bonchev–Trinajstić information content (AvgIpc) is 3.43. The zero-order chi connectivity index (χ0) is 33.2. The van der Waals surface area contributed by atoms with Gasteiger partial charge in [0.15, 0.2) is 11.5 Å². The van der Waals surface area contributed by atoms with Gasteiger partial charge in [-0.2, -0.15) is 0 Å². The summed E-state index contributed by atoms with van der Waals surface area (Å²) in [6.45, 7) is 20.0. The number of carboxylic acids is 1. The molecule has 3 aromatic rings. The fourth-order valence-corrected chi connectivity index (χ4v) is 18.1. The number of ether oxygens (including phenoxy) is 2. The molecule has 0 amide bonds. The van der Waals surface area contributed by atoms with Gasteiger partial charge in [-0.15, -0.1) is 0 Å². The first-order valence-electron chi connectivity index (χ1n) is 15.9. The normalized spacial score (nSPS) is 15.1. The van der Waals surface area contributed by atoms with Gasteiger partial charge in [0.05, 0.1) is 12.7 Å². The molecule has 9 heteroatoms. The molecule has 0 radical (unpaired) electrons. The van der Waals surface area contributed by atoms with Gasteiger partial charge in [0, 0.05) is 4.47 Å². The number of hydrogen-bond donors (Lipinski definition) is 1. The number of halogens is 1. The summed E-state index contributed by atoms with van der Waals surface area (Å²) in [6.07, 6.45) is -0.788. The molecule has 0 spiro atoms. The maximum Gasteiger partial charge on any atom is 0.311 e. The molecule has 0 aromatic heterocycles. The molecule has 1 N–H and O–H groups in total. The van der Waals surface area contributed by atoms with Crippen LogP contribution in [0.1, 0.15) is 74.0 Å². The van der Waals surface area contributed by atoms with Gasteiger partial charge in [-0.25, -0.2) is 0 Å². The molecule has 45 heavy (non-hydrogen) atoms. The molecule has 3 aromatic carbocycles. The lowest BCUT2D eigenvalue weighted by Crippen LogP contribution is -2.67. The Hall–Kier alpha value is -2.44. The SMILES string of the molecule is CC(C)[Si](O[C@@H](c1cc2c(cc1Br)OCO2)[C@H](CO[Si](c1ccccc1)(c1ccccc1)C(C)(C)C)C(=O)O)(C(C)C)C(C)C. The van der Waals surface area contributed by atoms with Gasteiger partial charge >= 0.3 is 5.97 Å². The van der Waals surface area contributed by atoms with Crippen molar-refractivity contribution in [3.63, 3.8) is 0 Å². The molecule has 6 nitrogen and oxygen atoms in total. The maximum absolute atomic E-state index is 13.5. The van der Waals surface area contributed by atoms with Crippen molar-refractivity contribution in [2.75, 3.05) is 13.4 Å². The Morgan fingerprint density at radius 1 is 0.844 bits per heavy atom. The van der Waals surface area contributed by atoms with Gasteiger partial charge in [0.2, 0.25) is 15.1 Å². The van der Waals surface area contributed by atoms with Crippen molar-refractivity contribution in [2.24, 2.45) is 5.92 Å². The highest BCUT2D eigenvalue weighted by Crippen LogP contribution is 2.49. The highest BCUT2D eigenvalue weighted by molar-refractivity contribution is 9.10. The summed E-state index contributed by atoms with van der Waals surface area (Å²) in [5, 5.41) is 12.9. The predicted octanol–water partition coefficient (Wildman–Crippen LogP) is 8.69. The van der Waals surface area contributed by atoms with E-state index < -0.39 is 34.6 Å². The Kier molecular flexibility index (Phi) is 11.1. The number of benzene rings is 3.